The summed E-state index contributed by atoms with van der Waals surface area (Å²) in [5.74, 6) is 1.58. The third kappa shape index (κ3) is 4.51. The van der Waals surface area contributed by atoms with Crippen LogP contribution in [0.1, 0.15) is 37.9 Å². The van der Waals surface area contributed by atoms with Crippen molar-refractivity contribution in [3.63, 3.8) is 0 Å². The van der Waals surface area contributed by atoms with Gasteiger partial charge in [-0.15, -0.1) is 11.8 Å². The maximum absolute atomic E-state index is 12.7. The summed E-state index contributed by atoms with van der Waals surface area (Å²) in [6.45, 7) is 8.45. The number of thioether (sulfide) groups is 1. The van der Waals surface area contributed by atoms with Gasteiger partial charge in [0.2, 0.25) is 11.8 Å². The molecule has 1 unspecified atom stereocenters. The Balaban J connectivity index is 1.71. The van der Waals surface area contributed by atoms with E-state index in [4.69, 9.17) is 11.6 Å². The molecule has 8 heteroatoms. The van der Waals surface area contributed by atoms with E-state index in [0.29, 0.717) is 22.7 Å². The Hall–Kier alpha value is -1.47. The number of hydrogen-bond donors (Lipinski definition) is 0. The molecular weight excluding hydrogens is 384 g/mol. The topological polar surface area (TPSA) is 58.4 Å². The van der Waals surface area contributed by atoms with Gasteiger partial charge in [0.05, 0.1) is 11.6 Å². The Bertz CT molecular complexity index is 740. The van der Waals surface area contributed by atoms with Crippen LogP contribution in [0.15, 0.2) is 6.08 Å². The molecule has 1 aromatic rings. The fourth-order valence-electron chi connectivity index (χ4n) is 3.49. The standard InChI is InChI=1S/C19H27ClN4O2S/c1-13(2)10-24-18(20)15(14(3)21-24)6-7-17(25)23-12-27-11-16(23)19(26)22-8-4-5-9-22/h6-7,13,16H,4-5,8-12H2,1-3H3. The van der Waals surface area contributed by atoms with Crippen LogP contribution in [0.4, 0.5) is 0 Å². The predicted molar refractivity (Wildman–Crippen MR) is 110 cm³/mol. The Labute approximate surface area is 169 Å². The zero-order chi connectivity index (χ0) is 19.6. The number of likely N-dealkylation sites (tertiary alicyclic amines) is 1. The number of amides is 2. The summed E-state index contributed by atoms with van der Waals surface area (Å²) in [6.07, 6.45) is 5.35. The lowest BCUT2D eigenvalue weighted by atomic mass is 10.2. The second-order valence-electron chi connectivity index (χ2n) is 7.56. The van der Waals surface area contributed by atoms with E-state index in [-0.39, 0.29) is 17.9 Å². The first-order valence-corrected chi connectivity index (χ1v) is 11.0. The molecule has 148 valence electrons. The minimum atomic E-state index is -0.356. The number of carbonyl (C=O) groups excluding carboxylic acids is 2. The van der Waals surface area contributed by atoms with Crippen LogP contribution in [0.2, 0.25) is 5.15 Å². The zero-order valence-electron chi connectivity index (χ0n) is 16.2. The van der Waals surface area contributed by atoms with E-state index >= 15 is 0 Å². The van der Waals surface area contributed by atoms with Crippen LogP contribution in [0.5, 0.6) is 0 Å². The number of aryl methyl sites for hydroxylation is 1. The average molecular weight is 411 g/mol. The van der Waals surface area contributed by atoms with Gasteiger partial charge in [-0.25, -0.2) is 0 Å². The van der Waals surface area contributed by atoms with Crippen LogP contribution in [0, 0.1) is 12.8 Å². The van der Waals surface area contributed by atoms with E-state index in [9.17, 15) is 9.59 Å². The van der Waals surface area contributed by atoms with Crippen molar-refractivity contribution >= 4 is 41.3 Å². The van der Waals surface area contributed by atoms with Crippen molar-refractivity contribution in [1.29, 1.82) is 0 Å². The molecule has 27 heavy (non-hydrogen) atoms. The Morgan fingerprint density at radius 2 is 2.04 bits per heavy atom. The summed E-state index contributed by atoms with van der Waals surface area (Å²) < 4.78 is 1.77. The van der Waals surface area contributed by atoms with Gasteiger partial charge in [0.15, 0.2) is 0 Å². The molecule has 1 atom stereocenters. The summed E-state index contributed by atoms with van der Waals surface area (Å²) in [4.78, 5) is 29.0. The third-order valence-electron chi connectivity index (χ3n) is 4.91. The van der Waals surface area contributed by atoms with Crippen LogP contribution in [0.3, 0.4) is 0 Å². The van der Waals surface area contributed by atoms with E-state index < -0.39 is 0 Å². The molecule has 0 aromatic carbocycles. The molecule has 2 aliphatic rings. The smallest absolute Gasteiger partial charge is 0.247 e. The monoisotopic (exact) mass is 410 g/mol. The molecule has 3 rings (SSSR count). The molecule has 6 nitrogen and oxygen atoms in total. The molecule has 0 saturated carbocycles. The van der Waals surface area contributed by atoms with Crippen molar-refractivity contribution in [2.75, 3.05) is 24.7 Å². The maximum atomic E-state index is 12.7. The lowest BCUT2D eigenvalue weighted by molar-refractivity contribution is -0.140. The quantitative estimate of drug-likeness (QED) is 0.700. The van der Waals surface area contributed by atoms with E-state index in [1.54, 1.807) is 27.4 Å². The summed E-state index contributed by atoms with van der Waals surface area (Å²) in [5.41, 5.74) is 1.56. The highest BCUT2D eigenvalue weighted by atomic mass is 35.5. The molecule has 2 aliphatic heterocycles. The van der Waals surface area contributed by atoms with Gasteiger partial charge in [-0.05, 0) is 31.8 Å². The van der Waals surface area contributed by atoms with Gasteiger partial charge >= 0.3 is 0 Å². The summed E-state index contributed by atoms with van der Waals surface area (Å²) >= 11 is 8.07. The Morgan fingerprint density at radius 1 is 1.33 bits per heavy atom. The van der Waals surface area contributed by atoms with Gasteiger partial charge in [0, 0.05) is 37.0 Å². The molecule has 2 amide bonds. The van der Waals surface area contributed by atoms with E-state index in [1.165, 1.54) is 6.08 Å². The Morgan fingerprint density at radius 3 is 2.70 bits per heavy atom. The number of halogens is 1. The van der Waals surface area contributed by atoms with E-state index in [0.717, 1.165) is 43.7 Å². The number of rotatable bonds is 5. The summed E-state index contributed by atoms with van der Waals surface area (Å²) in [6, 6.07) is -0.356. The van der Waals surface area contributed by atoms with Crippen LogP contribution in [0.25, 0.3) is 6.08 Å². The highest BCUT2D eigenvalue weighted by Gasteiger charge is 2.36. The van der Waals surface area contributed by atoms with Gasteiger partial charge in [0.25, 0.3) is 0 Å². The third-order valence-corrected chi connectivity index (χ3v) is 6.32. The minimum absolute atomic E-state index is 0.0817. The highest BCUT2D eigenvalue weighted by molar-refractivity contribution is 7.99. The van der Waals surface area contributed by atoms with Crippen LogP contribution in [-0.2, 0) is 16.1 Å². The number of hydrogen-bond acceptors (Lipinski definition) is 4. The Kier molecular flexibility index (Phi) is 6.52. The molecular formula is C19H27ClN4O2S. The van der Waals surface area contributed by atoms with Gasteiger partial charge in [0.1, 0.15) is 11.2 Å². The van der Waals surface area contributed by atoms with Crippen LogP contribution in [-0.4, -0.2) is 62.2 Å². The zero-order valence-corrected chi connectivity index (χ0v) is 17.7. The summed E-state index contributed by atoms with van der Waals surface area (Å²) in [7, 11) is 0. The molecule has 0 aliphatic carbocycles. The first-order valence-electron chi connectivity index (χ1n) is 9.46. The molecule has 2 saturated heterocycles. The molecule has 3 heterocycles. The SMILES string of the molecule is Cc1nn(CC(C)C)c(Cl)c1C=CC(=O)N1CSCC1C(=O)N1CCCC1. The lowest BCUT2D eigenvalue weighted by Gasteiger charge is -2.26. The maximum Gasteiger partial charge on any atom is 0.247 e. The van der Waals surface area contributed by atoms with Gasteiger partial charge in [-0.2, -0.15) is 5.10 Å². The fourth-order valence-corrected chi connectivity index (χ4v) is 4.95. The van der Waals surface area contributed by atoms with Crippen molar-refractivity contribution in [3.8, 4) is 0 Å². The van der Waals surface area contributed by atoms with Crippen molar-refractivity contribution in [2.24, 2.45) is 5.92 Å². The van der Waals surface area contributed by atoms with Gasteiger partial charge in [-0.1, -0.05) is 25.4 Å². The van der Waals surface area contributed by atoms with Crippen LogP contribution < -0.4 is 0 Å². The van der Waals surface area contributed by atoms with E-state index in [2.05, 4.69) is 18.9 Å². The predicted octanol–water partition coefficient (Wildman–Crippen LogP) is 3.04. The number of nitrogens with zero attached hydrogens (tertiary/aromatic N) is 4. The molecule has 0 spiro atoms. The molecule has 1 aromatic heterocycles. The molecule has 0 bridgehead atoms. The first-order chi connectivity index (χ1) is 12.9. The van der Waals surface area contributed by atoms with Gasteiger partial charge < -0.3 is 9.80 Å². The van der Waals surface area contributed by atoms with Crippen molar-refractivity contribution < 1.29 is 9.59 Å². The highest BCUT2D eigenvalue weighted by Crippen LogP contribution is 2.26. The molecule has 0 N–H and O–H groups in total. The van der Waals surface area contributed by atoms with Crippen molar-refractivity contribution in [2.45, 2.75) is 46.2 Å². The molecule has 2 fully saturated rings. The largest absolute Gasteiger partial charge is 0.341 e. The fraction of sp³-hybridized carbons (Fsp3) is 0.632. The van der Waals surface area contributed by atoms with Crippen LogP contribution >= 0.6 is 23.4 Å². The normalized spacial score (nSPS) is 20.4. The molecule has 0 radical (unpaired) electrons. The van der Waals surface area contributed by atoms with E-state index in [1.807, 2.05) is 11.8 Å². The summed E-state index contributed by atoms with van der Waals surface area (Å²) in [5, 5.41) is 5.01. The first kappa shape index (κ1) is 20.3. The lowest BCUT2D eigenvalue weighted by Crippen LogP contribution is -2.47. The van der Waals surface area contributed by atoms with Crippen molar-refractivity contribution in [1.82, 2.24) is 19.6 Å². The average Bonchev–Trinajstić information content (AvgIpc) is 3.35. The minimum Gasteiger partial charge on any atom is -0.341 e. The number of carbonyl (C=O) groups is 2. The second kappa shape index (κ2) is 8.69. The number of aromatic nitrogens is 2. The van der Waals surface area contributed by atoms with Crippen molar-refractivity contribution in [3.05, 3.63) is 22.5 Å². The second-order valence-corrected chi connectivity index (χ2v) is 8.91. The van der Waals surface area contributed by atoms with Gasteiger partial charge in [-0.3, -0.25) is 14.3 Å².